The molecular weight excluding hydrogens is 664 g/mol. The van der Waals surface area contributed by atoms with E-state index in [1.54, 1.807) is 13.0 Å². The summed E-state index contributed by atoms with van der Waals surface area (Å²) in [6.07, 6.45) is -6.88. The Labute approximate surface area is 294 Å². The molecule has 1 saturated heterocycles. The summed E-state index contributed by atoms with van der Waals surface area (Å²) >= 11 is 0. The van der Waals surface area contributed by atoms with Crippen LogP contribution in [0, 0.1) is 0 Å². The predicted octanol–water partition coefficient (Wildman–Crippen LogP) is 3.96. The lowest BCUT2D eigenvalue weighted by atomic mass is 9.98. The van der Waals surface area contributed by atoms with Crippen LogP contribution in [0.25, 0.3) is 11.1 Å². The molecule has 14 nitrogen and oxygen atoms in total. The molecule has 1 fully saturated rings. The molecule has 1 aliphatic heterocycles. The van der Waals surface area contributed by atoms with E-state index in [1.807, 2.05) is 48.5 Å². The fourth-order valence-corrected chi connectivity index (χ4v) is 6.21. The first kappa shape index (κ1) is 36.8. The number of fused-ring (bicyclic) bond motifs is 3. The highest BCUT2D eigenvalue weighted by atomic mass is 16.7. The zero-order valence-corrected chi connectivity index (χ0v) is 28.6. The fraction of sp³-hybridized carbons (Fsp3) is 0.378. The average molecular weight is 705 g/mol. The van der Waals surface area contributed by atoms with E-state index in [0.717, 1.165) is 36.1 Å². The van der Waals surface area contributed by atoms with Gasteiger partial charge in [0, 0.05) is 39.7 Å². The molecule has 5 atom stereocenters. The fourth-order valence-electron chi connectivity index (χ4n) is 6.21. The summed E-state index contributed by atoms with van der Waals surface area (Å²) in [6.45, 7) is 4.75. The lowest BCUT2D eigenvalue weighted by Crippen LogP contribution is -2.62. The van der Waals surface area contributed by atoms with Crippen molar-refractivity contribution in [1.82, 2.24) is 5.32 Å². The number of hydrogen-bond acceptors (Lipinski definition) is 12. The molecule has 0 radical (unpaired) electrons. The molecular formula is C37H40N2O12. The van der Waals surface area contributed by atoms with E-state index in [2.05, 4.69) is 10.6 Å². The van der Waals surface area contributed by atoms with Crippen LogP contribution in [0.3, 0.4) is 0 Å². The average Bonchev–Trinajstić information content (AvgIpc) is 3.40. The summed E-state index contributed by atoms with van der Waals surface area (Å²) in [5, 5.41) is 15.1. The number of aliphatic hydroxyl groups excluding tert-OH is 1. The number of benzene rings is 3. The topological polar surface area (TPSA) is 185 Å². The van der Waals surface area contributed by atoms with Crippen molar-refractivity contribution in [1.29, 1.82) is 0 Å². The van der Waals surface area contributed by atoms with Gasteiger partial charge in [0.1, 0.15) is 12.4 Å². The van der Waals surface area contributed by atoms with E-state index in [1.165, 1.54) is 19.1 Å². The summed E-state index contributed by atoms with van der Waals surface area (Å²) in [5.41, 5.74) is 4.94. The van der Waals surface area contributed by atoms with Crippen LogP contribution in [0.1, 0.15) is 56.7 Å². The lowest BCUT2D eigenvalue weighted by molar-refractivity contribution is -0.280. The van der Waals surface area contributed by atoms with E-state index in [0.29, 0.717) is 5.56 Å². The van der Waals surface area contributed by atoms with Gasteiger partial charge in [-0.05, 0) is 46.9 Å². The van der Waals surface area contributed by atoms with Gasteiger partial charge in [0.2, 0.25) is 18.3 Å². The molecule has 0 bridgehead atoms. The number of alkyl carbamates (subject to hydrolysis) is 1. The zero-order valence-electron chi connectivity index (χ0n) is 28.6. The molecule has 0 aromatic heterocycles. The van der Waals surface area contributed by atoms with Crippen LogP contribution in [0.5, 0.6) is 5.75 Å². The largest absolute Gasteiger partial charge is 0.459 e. The molecule has 2 aliphatic rings. The number of hydrogen-bond donors (Lipinski definition) is 3. The number of aliphatic hydroxyl groups is 1. The Morgan fingerprint density at radius 1 is 0.784 bits per heavy atom. The zero-order chi connectivity index (χ0) is 36.7. The standard InChI is InChI=1S/C37H40N2O12/c1-20-33(48-21(2)41)34(49-22(3)42)35(50-23(4)43)36(47-20)51-31-14-13-24(18-40)17-30(31)39-32(44)15-16-38-37(45)46-19-29-27-11-7-5-9-25(27)26-10-6-8-12-28(26)29/h5-14,17,20,29,33-36,40H,15-16,18-19H2,1-4H3,(H,38,45)(H,39,44)/t20?,33-,34+,35?,36+/m1/s1. The number of rotatable bonds is 12. The Hall–Kier alpha value is -5.47. The number of nitrogens with one attached hydrogen (secondary N) is 2. The van der Waals surface area contributed by atoms with Crippen molar-refractivity contribution in [3.8, 4) is 16.9 Å². The van der Waals surface area contributed by atoms with Gasteiger partial charge in [-0.3, -0.25) is 19.2 Å². The predicted molar refractivity (Wildman–Crippen MR) is 180 cm³/mol. The van der Waals surface area contributed by atoms with Gasteiger partial charge in [0.05, 0.1) is 18.4 Å². The monoisotopic (exact) mass is 704 g/mol. The van der Waals surface area contributed by atoms with Crippen molar-refractivity contribution in [2.24, 2.45) is 0 Å². The highest BCUT2D eigenvalue weighted by Crippen LogP contribution is 2.44. The maximum absolute atomic E-state index is 13.0. The minimum absolute atomic E-state index is 0.0439. The second kappa shape index (κ2) is 16.5. The van der Waals surface area contributed by atoms with Crippen molar-refractivity contribution in [2.45, 2.75) is 77.3 Å². The summed E-state index contributed by atoms with van der Waals surface area (Å²) in [5.74, 6) is -2.71. The van der Waals surface area contributed by atoms with Gasteiger partial charge < -0.3 is 44.2 Å². The van der Waals surface area contributed by atoms with Gasteiger partial charge in [-0.15, -0.1) is 0 Å². The van der Waals surface area contributed by atoms with Crippen molar-refractivity contribution in [3.05, 3.63) is 83.4 Å². The number of carbonyl (C=O) groups excluding carboxylic acids is 5. The molecule has 0 spiro atoms. The Balaban J connectivity index is 1.22. The van der Waals surface area contributed by atoms with Gasteiger partial charge in [-0.1, -0.05) is 54.6 Å². The Bertz CT molecular complexity index is 1730. The van der Waals surface area contributed by atoms with E-state index < -0.39 is 60.6 Å². The van der Waals surface area contributed by atoms with Crippen molar-refractivity contribution >= 4 is 35.6 Å². The molecule has 1 heterocycles. The van der Waals surface area contributed by atoms with Gasteiger partial charge in [-0.25, -0.2) is 4.79 Å². The van der Waals surface area contributed by atoms with Gasteiger partial charge in [-0.2, -0.15) is 0 Å². The van der Waals surface area contributed by atoms with Crippen LogP contribution < -0.4 is 15.4 Å². The van der Waals surface area contributed by atoms with Crippen LogP contribution in [-0.2, 0) is 49.5 Å². The van der Waals surface area contributed by atoms with Crippen LogP contribution in [-0.4, -0.2) is 78.9 Å². The smallest absolute Gasteiger partial charge is 0.407 e. The number of esters is 3. The SMILES string of the molecule is CC(=O)OC1[C@H](Oc2ccc(CO)cc2NC(=O)CCNC(=O)OCC2c3ccccc3-c3ccccc32)OC(C)[C@@H](OC(C)=O)[C@@H]1OC(C)=O. The first-order valence-corrected chi connectivity index (χ1v) is 16.4. The van der Waals surface area contributed by atoms with E-state index in [-0.39, 0.29) is 43.5 Å². The van der Waals surface area contributed by atoms with E-state index in [9.17, 15) is 29.1 Å². The van der Waals surface area contributed by atoms with Crippen LogP contribution in [0.4, 0.5) is 10.5 Å². The number of carbonyl (C=O) groups is 5. The number of amides is 2. The number of ether oxygens (including phenoxy) is 6. The molecule has 5 rings (SSSR count). The summed E-state index contributed by atoms with van der Waals surface area (Å²) < 4.78 is 33.8. The third-order valence-corrected chi connectivity index (χ3v) is 8.34. The molecule has 3 N–H and O–H groups in total. The molecule has 2 unspecified atom stereocenters. The minimum Gasteiger partial charge on any atom is -0.459 e. The summed E-state index contributed by atoms with van der Waals surface area (Å²) in [6, 6.07) is 20.5. The Morgan fingerprint density at radius 3 is 1.98 bits per heavy atom. The highest BCUT2D eigenvalue weighted by Gasteiger charge is 2.51. The molecule has 3 aromatic carbocycles. The second-order valence-corrected chi connectivity index (χ2v) is 12.1. The van der Waals surface area contributed by atoms with Crippen molar-refractivity contribution in [2.75, 3.05) is 18.5 Å². The molecule has 3 aromatic rings. The first-order chi connectivity index (χ1) is 24.4. The maximum Gasteiger partial charge on any atom is 0.407 e. The Morgan fingerprint density at radius 2 is 1.37 bits per heavy atom. The van der Waals surface area contributed by atoms with Crippen molar-refractivity contribution in [3.63, 3.8) is 0 Å². The maximum atomic E-state index is 13.0. The number of anilines is 1. The van der Waals surface area contributed by atoms with Gasteiger partial charge in [0.25, 0.3) is 0 Å². The van der Waals surface area contributed by atoms with Gasteiger partial charge in [0.15, 0.2) is 12.2 Å². The molecule has 2 amide bonds. The van der Waals surface area contributed by atoms with Crippen LogP contribution in [0.15, 0.2) is 66.7 Å². The summed E-state index contributed by atoms with van der Waals surface area (Å²) in [4.78, 5) is 61.6. The van der Waals surface area contributed by atoms with Crippen LogP contribution in [0.2, 0.25) is 0 Å². The Kier molecular flexibility index (Phi) is 11.9. The molecule has 1 aliphatic carbocycles. The summed E-state index contributed by atoms with van der Waals surface area (Å²) in [7, 11) is 0. The molecule has 51 heavy (non-hydrogen) atoms. The van der Waals surface area contributed by atoms with Crippen molar-refractivity contribution < 1.29 is 57.5 Å². The molecule has 14 heteroatoms. The van der Waals surface area contributed by atoms with E-state index >= 15 is 0 Å². The quantitative estimate of drug-likeness (QED) is 0.182. The molecule has 0 saturated carbocycles. The first-order valence-electron chi connectivity index (χ1n) is 16.4. The lowest BCUT2D eigenvalue weighted by Gasteiger charge is -2.43. The van der Waals surface area contributed by atoms with E-state index in [4.69, 9.17) is 28.4 Å². The highest BCUT2D eigenvalue weighted by molar-refractivity contribution is 5.92. The normalized spacial score (nSPS) is 20.6. The second-order valence-electron chi connectivity index (χ2n) is 12.1. The molecule has 270 valence electrons. The third kappa shape index (κ3) is 9.01. The van der Waals surface area contributed by atoms with Crippen LogP contribution >= 0.6 is 0 Å². The minimum atomic E-state index is -1.38. The third-order valence-electron chi connectivity index (χ3n) is 8.34. The van der Waals surface area contributed by atoms with Gasteiger partial charge >= 0.3 is 24.0 Å².